The SMILES string of the molecule is CC.CC1CCC(OC2=CNC3CCC(C)C(Cl)C23)CC1C. The maximum absolute atomic E-state index is 6.67. The van der Waals surface area contributed by atoms with Gasteiger partial charge in [-0.15, -0.1) is 11.6 Å². The molecule has 3 aliphatic rings. The van der Waals surface area contributed by atoms with Crippen LogP contribution >= 0.6 is 11.6 Å². The molecule has 0 aromatic carbocycles. The van der Waals surface area contributed by atoms with Crippen molar-refractivity contribution in [2.75, 3.05) is 0 Å². The Morgan fingerprint density at radius 3 is 2.36 bits per heavy atom. The highest BCUT2D eigenvalue weighted by Gasteiger charge is 2.43. The van der Waals surface area contributed by atoms with Gasteiger partial charge in [0, 0.05) is 17.6 Å². The van der Waals surface area contributed by atoms with E-state index in [1.807, 2.05) is 13.8 Å². The average Bonchev–Trinajstić information content (AvgIpc) is 2.92. The van der Waals surface area contributed by atoms with E-state index in [2.05, 4.69) is 32.3 Å². The summed E-state index contributed by atoms with van der Waals surface area (Å²) in [6.45, 7) is 11.0. The molecule has 0 saturated heterocycles. The molecule has 2 fully saturated rings. The Hall–Kier alpha value is -0.370. The van der Waals surface area contributed by atoms with Gasteiger partial charge in [-0.05, 0) is 49.9 Å². The second-order valence-electron chi connectivity index (χ2n) is 7.35. The summed E-state index contributed by atoms with van der Waals surface area (Å²) in [5, 5.41) is 3.72. The molecule has 3 heteroatoms. The van der Waals surface area contributed by atoms with Gasteiger partial charge >= 0.3 is 0 Å². The molecule has 0 bridgehead atoms. The van der Waals surface area contributed by atoms with Crippen molar-refractivity contribution in [1.29, 1.82) is 0 Å². The summed E-state index contributed by atoms with van der Waals surface area (Å²) in [6, 6.07) is 0.503. The van der Waals surface area contributed by atoms with E-state index >= 15 is 0 Å². The fourth-order valence-electron chi connectivity index (χ4n) is 4.09. The van der Waals surface area contributed by atoms with Gasteiger partial charge in [0.25, 0.3) is 0 Å². The Balaban J connectivity index is 0.000000847. The smallest absolute Gasteiger partial charge is 0.119 e. The van der Waals surface area contributed by atoms with E-state index in [1.54, 1.807) is 0 Å². The lowest BCUT2D eigenvalue weighted by molar-refractivity contribution is 0.0282. The molecule has 1 heterocycles. The average molecular weight is 328 g/mol. The molecule has 1 aliphatic heterocycles. The molecule has 7 atom stereocenters. The van der Waals surface area contributed by atoms with Crippen molar-refractivity contribution in [3.8, 4) is 0 Å². The van der Waals surface area contributed by atoms with Crippen LogP contribution < -0.4 is 5.32 Å². The number of fused-ring (bicyclic) bond motifs is 1. The Morgan fingerprint density at radius 2 is 1.68 bits per heavy atom. The molecular formula is C19H34ClNO. The number of nitrogens with one attached hydrogen (secondary N) is 1. The van der Waals surface area contributed by atoms with Crippen molar-refractivity contribution < 1.29 is 4.74 Å². The first-order chi connectivity index (χ1) is 10.6. The van der Waals surface area contributed by atoms with Crippen LogP contribution in [-0.2, 0) is 4.74 Å². The van der Waals surface area contributed by atoms with E-state index in [0.29, 0.717) is 24.0 Å². The summed E-state index contributed by atoms with van der Waals surface area (Å²) >= 11 is 6.67. The van der Waals surface area contributed by atoms with Gasteiger partial charge < -0.3 is 10.1 Å². The highest BCUT2D eigenvalue weighted by atomic mass is 35.5. The third-order valence-corrected chi connectivity index (χ3v) is 6.58. The molecule has 2 saturated carbocycles. The minimum atomic E-state index is 0.218. The lowest BCUT2D eigenvalue weighted by atomic mass is 9.78. The van der Waals surface area contributed by atoms with E-state index in [0.717, 1.165) is 17.6 Å². The molecule has 2 aliphatic carbocycles. The monoisotopic (exact) mass is 327 g/mol. The zero-order chi connectivity index (χ0) is 16.3. The van der Waals surface area contributed by atoms with Crippen molar-refractivity contribution >= 4 is 11.6 Å². The van der Waals surface area contributed by atoms with Gasteiger partial charge in [0.05, 0.1) is 12.0 Å². The van der Waals surface area contributed by atoms with Crippen LogP contribution in [0.2, 0.25) is 0 Å². The normalized spacial score (nSPS) is 44.1. The Bertz CT molecular complexity index is 384. The number of hydrogen-bond donors (Lipinski definition) is 1. The second-order valence-corrected chi connectivity index (χ2v) is 7.86. The molecule has 0 aromatic rings. The Labute approximate surface area is 142 Å². The third kappa shape index (κ3) is 3.75. The quantitative estimate of drug-likeness (QED) is 0.693. The molecule has 0 amide bonds. The fourth-order valence-corrected chi connectivity index (χ4v) is 4.52. The second kappa shape index (κ2) is 7.95. The number of ether oxygens (including phenoxy) is 1. The summed E-state index contributed by atoms with van der Waals surface area (Å²) < 4.78 is 6.37. The van der Waals surface area contributed by atoms with Crippen LogP contribution in [0.3, 0.4) is 0 Å². The van der Waals surface area contributed by atoms with E-state index in [4.69, 9.17) is 16.3 Å². The molecule has 1 N–H and O–H groups in total. The van der Waals surface area contributed by atoms with Crippen molar-refractivity contribution in [3.63, 3.8) is 0 Å². The van der Waals surface area contributed by atoms with Crippen LogP contribution in [0.25, 0.3) is 0 Å². The molecule has 0 spiro atoms. The predicted molar refractivity (Wildman–Crippen MR) is 94.9 cm³/mol. The summed E-state index contributed by atoms with van der Waals surface area (Å²) in [7, 11) is 0. The van der Waals surface area contributed by atoms with Crippen molar-refractivity contribution in [2.24, 2.45) is 23.7 Å². The number of rotatable bonds is 2. The van der Waals surface area contributed by atoms with Gasteiger partial charge in [-0.25, -0.2) is 0 Å². The number of halogens is 1. The summed E-state index contributed by atoms with van der Waals surface area (Å²) in [4.78, 5) is 0. The van der Waals surface area contributed by atoms with E-state index in [-0.39, 0.29) is 5.38 Å². The largest absolute Gasteiger partial charge is 0.493 e. The standard InChI is InChI=1S/C17H28ClNO.C2H6/c1-10-4-6-13(8-12(10)3)20-15-9-19-14-7-5-11(2)17(18)16(14)15;1-2/h9-14,16-17,19H,4-8H2,1-3H3;1-2H3. The third-order valence-electron chi connectivity index (χ3n) is 5.87. The first kappa shape index (κ1) is 18.0. The fraction of sp³-hybridized carbons (Fsp3) is 0.895. The lowest BCUT2D eigenvalue weighted by Gasteiger charge is -2.38. The molecular weight excluding hydrogens is 294 g/mol. The minimum Gasteiger partial charge on any atom is -0.493 e. The van der Waals surface area contributed by atoms with Crippen LogP contribution in [0.15, 0.2) is 12.0 Å². The Morgan fingerprint density at radius 1 is 1.00 bits per heavy atom. The van der Waals surface area contributed by atoms with Gasteiger partial charge in [0.2, 0.25) is 0 Å². The van der Waals surface area contributed by atoms with Crippen molar-refractivity contribution in [2.45, 2.75) is 84.2 Å². The van der Waals surface area contributed by atoms with Crippen LogP contribution in [-0.4, -0.2) is 17.5 Å². The minimum absolute atomic E-state index is 0.218. The zero-order valence-corrected chi connectivity index (χ0v) is 15.7. The molecule has 2 nitrogen and oxygen atoms in total. The lowest BCUT2D eigenvalue weighted by Crippen LogP contribution is -2.41. The van der Waals surface area contributed by atoms with Gasteiger partial charge in [-0.2, -0.15) is 0 Å². The van der Waals surface area contributed by atoms with Crippen LogP contribution in [0.5, 0.6) is 0 Å². The zero-order valence-electron chi connectivity index (χ0n) is 14.9. The molecule has 0 aromatic heterocycles. The van der Waals surface area contributed by atoms with Gasteiger partial charge in [-0.1, -0.05) is 34.6 Å². The van der Waals surface area contributed by atoms with Gasteiger partial charge in [-0.3, -0.25) is 0 Å². The molecule has 3 rings (SSSR count). The van der Waals surface area contributed by atoms with Gasteiger partial charge in [0.1, 0.15) is 5.76 Å². The topological polar surface area (TPSA) is 21.3 Å². The summed E-state index contributed by atoms with van der Waals surface area (Å²) in [5.41, 5.74) is 0. The highest BCUT2D eigenvalue weighted by molar-refractivity contribution is 6.21. The van der Waals surface area contributed by atoms with Crippen LogP contribution in [0.1, 0.15) is 66.7 Å². The molecule has 7 unspecified atom stereocenters. The molecule has 128 valence electrons. The number of hydrogen-bond acceptors (Lipinski definition) is 2. The van der Waals surface area contributed by atoms with Crippen molar-refractivity contribution in [3.05, 3.63) is 12.0 Å². The van der Waals surface area contributed by atoms with Gasteiger partial charge in [0.15, 0.2) is 0 Å². The number of alkyl halides is 1. The summed E-state index contributed by atoms with van der Waals surface area (Å²) in [6.07, 6.45) is 8.63. The van der Waals surface area contributed by atoms with E-state index in [1.165, 1.54) is 32.1 Å². The van der Waals surface area contributed by atoms with Crippen LogP contribution in [0.4, 0.5) is 0 Å². The Kier molecular flexibility index (Phi) is 6.49. The predicted octanol–water partition coefficient (Wildman–Crippen LogP) is 5.32. The van der Waals surface area contributed by atoms with E-state index in [9.17, 15) is 0 Å². The first-order valence-corrected chi connectivity index (χ1v) is 9.76. The molecule has 0 radical (unpaired) electrons. The summed E-state index contributed by atoms with van der Waals surface area (Å²) in [5.74, 6) is 3.73. The maximum atomic E-state index is 6.67. The first-order valence-electron chi connectivity index (χ1n) is 9.33. The van der Waals surface area contributed by atoms with E-state index < -0.39 is 0 Å². The van der Waals surface area contributed by atoms with Crippen molar-refractivity contribution in [1.82, 2.24) is 5.32 Å². The highest BCUT2D eigenvalue weighted by Crippen LogP contribution is 2.42. The maximum Gasteiger partial charge on any atom is 0.119 e. The molecule has 22 heavy (non-hydrogen) atoms. The van der Waals surface area contributed by atoms with Crippen LogP contribution in [0, 0.1) is 23.7 Å².